The lowest BCUT2D eigenvalue weighted by Crippen LogP contribution is -2.08. The van der Waals surface area contributed by atoms with Gasteiger partial charge in [0.25, 0.3) is 0 Å². The third-order valence-corrected chi connectivity index (χ3v) is 9.10. The lowest BCUT2D eigenvalue weighted by atomic mass is 9.84. The van der Waals surface area contributed by atoms with Crippen LogP contribution < -0.4 is 0 Å². The molecule has 2 aliphatic rings. The van der Waals surface area contributed by atoms with Crippen LogP contribution in [-0.4, -0.2) is 9.97 Å². The van der Waals surface area contributed by atoms with E-state index in [9.17, 15) is 0 Å². The minimum atomic E-state index is 0.890. The fourth-order valence-electron chi connectivity index (χ4n) is 7.16. The van der Waals surface area contributed by atoms with Crippen LogP contribution >= 0.6 is 0 Å². The molecule has 0 amide bonds. The molecule has 5 aromatic carbocycles. The molecule has 2 aliphatic carbocycles. The van der Waals surface area contributed by atoms with Crippen LogP contribution in [0.25, 0.3) is 78.6 Å². The summed E-state index contributed by atoms with van der Waals surface area (Å²) in [5.41, 5.74) is 15.7. The number of rotatable bonds is 3. The fraction of sp³-hybridized carbons (Fsp3) is 0.100. The Morgan fingerprint density at radius 2 is 1.12 bits per heavy atom. The van der Waals surface area contributed by atoms with Gasteiger partial charge in [0.15, 0.2) is 0 Å². The highest BCUT2D eigenvalue weighted by Crippen LogP contribution is 2.43. The van der Waals surface area contributed by atoms with Gasteiger partial charge in [-0.15, -0.1) is 0 Å². The van der Waals surface area contributed by atoms with E-state index < -0.39 is 0 Å². The average molecular weight is 553 g/mol. The van der Waals surface area contributed by atoms with Crippen LogP contribution in [0.5, 0.6) is 0 Å². The average Bonchev–Trinajstić information content (AvgIpc) is 3.47. The second-order valence-electron chi connectivity index (χ2n) is 11.5. The first-order chi connectivity index (χ1) is 21.3. The van der Waals surface area contributed by atoms with E-state index in [2.05, 4.69) is 103 Å². The minimum absolute atomic E-state index is 0.890. The van der Waals surface area contributed by atoms with Crippen molar-refractivity contribution in [1.29, 1.82) is 0 Å². The molecule has 0 bridgehead atoms. The maximum atomic E-state index is 6.46. The van der Waals surface area contributed by atoms with E-state index in [-0.39, 0.29) is 0 Å². The lowest BCUT2D eigenvalue weighted by Gasteiger charge is -2.23. The second kappa shape index (κ2) is 9.64. The highest BCUT2D eigenvalue weighted by Gasteiger charge is 2.23. The van der Waals surface area contributed by atoms with Crippen LogP contribution in [0.4, 0.5) is 0 Å². The Morgan fingerprint density at radius 3 is 1.88 bits per heavy atom. The molecule has 0 saturated carbocycles. The minimum Gasteiger partial charge on any atom is -0.455 e. The van der Waals surface area contributed by atoms with Crippen molar-refractivity contribution >= 4 is 45.1 Å². The molecule has 3 nitrogen and oxygen atoms in total. The zero-order chi connectivity index (χ0) is 28.3. The molecule has 0 fully saturated rings. The fourth-order valence-corrected chi connectivity index (χ4v) is 7.16. The first-order valence-electron chi connectivity index (χ1n) is 15.1. The summed E-state index contributed by atoms with van der Waals surface area (Å²) in [7, 11) is 0. The standard InChI is InChI=1S/C40H28N2O/c1-2-16-29(34-21-11-22-35-31-18-9-10-23-37(31)43-40(34)35)25(12-1)26-13-3-6-17-30(26)36-24-41-38-32-19-7-4-14-27(32)28-15-5-8-20-33(28)39(38)42-36/h1-3,6-13,16-24H,4-5,14-15H2. The summed E-state index contributed by atoms with van der Waals surface area (Å²) in [6.45, 7) is 0. The molecule has 0 aliphatic heterocycles. The van der Waals surface area contributed by atoms with E-state index in [1.165, 1.54) is 22.3 Å². The molecule has 2 aromatic heterocycles. The molecular formula is C40H28N2O. The molecule has 204 valence electrons. The molecular weight excluding hydrogens is 524 g/mol. The van der Waals surface area contributed by atoms with Crippen molar-refractivity contribution in [3.63, 3.8) is 0 Å². The first-order valence-corrected chi connectivity index (χ1v) is 15.1. The van der Waals surface area contributed by atoms with Gasteiger partial charge in [-0.25, -0.2) is 4.98 Å². The normalized spacial score (nSPS) is 14.0. The van der Waals surface area contributed by atoms with Crippen LogP contribution in [0.1, 0.15) is 35.1 Å². The van der Waals surface area contributed by atoms with Crippen molar-refractivity contribution in [2.45, 2.75) is 25.7 Å². The van der Waals surface area contributed by atoms with Gasteiger partial charge in [-0.05, 0) is 59.6 Å². The van der Waals surface area contributed by atoms with Crippen LogP contribution in [0, 0.1) is 0 Å². The number of aromatic nitrogens is 2. The summed E-state index contributed by atoms with van der Waals surface area (Å²) in [4.78, 5) is 10.5. The van der Waals surface area contributed by atoms with Crippen molar-refractivity contribution in [3.8, 4) is 33.5 Å². The van der Waals surface area contributed by atoms with E-state index in [0.717, 1.165) is 92.2 Å². The topological polar surface area (TPSA) is 38.9 Å². The Bertz CT molecular complexity index is 2300. The molecule has 0 N–H and O–H groups in total. The zero-order valence-electron chi connectivity index (χ0n) is 23.7. The Hall–Kier alpha value is -5.28. The molecule has 3 heteroatoms. The quantitative estimate of drug-likeness (QED) is 0.219. The Labute approximate surface area is 249 Å². The van der Waals surface area contributed by atoms with E-state index in [1.54, 1.807) is 0 Å². The maximum Gasteiger partial charge on any atom is 0.143 e. The van der Waals surface area contributed by atoms with Crippen molar-refractivity contribution in [2.24, 2.45) is 0 Å². The highest BCUT2D eigenvalue weighted by molar-refractivity contribution is 6.11. The zero-order valence-corrected chi connectivity index (χ0v) is 23.7. The van der Waals surface area contributed by atoms with Gasteiger partial charge >= 0.3 is 0 Å². The summed E-state index contributed by atoms with van der Waals surface area (Å²) in [5.74, 6) is 0. The van der Waals surface area contributed by atoms with Gasteiger partial charge in [-0.2, -0.15) is 0 Å². The van der Waals surface area contributed by atoms with E-state index in [4.69, 9.17) is 14.4 Å². The van der Waals surface area contributed by atoms with Crippen molar-refractivity contribution in [3.05, 3.63) is 132 Å². The van der Waals surface area contributed by atoms with Gasteiger partial charge in [0.2, 0.25) is 0 Å². The highest BCUT2D eigenvalue weighted by atomic mass is 16.3. The summed E-state index contributed by atoms with van der Waals surface area (Å²) < 4.78 is 6.46. The third-order valence-electron chi connectivity index (χ3n) is 9.10. The molecule has 0 radical (unpaired) electrons. The number of hydrogen-bond donors (Lipinski definition) is 0. The van der Waals surface area contributed by atoms with Gasteiger partial charge in [-0.3, -0.25) is 4.98 Å². The van der Waals surface area contributed by atoms with Crippen LogP contribution in [-0.2, 0) is 12.8 Å². The van der Waals surface area contributed by atoms with Gasteiger partial charge in [0.05, 0.1) is 22.9 Å². The second-order valence-corrected chi connectivity index (χ2v) is 11.5. The predicted octanol–water partition coefficient (Wildman–Crippen LogP) is 10.4. The van der Waals surface area contributed by atoms with Crippen LogP contribution in [0.2, 0.25) is 0 Å². The van der Waals surface area contributed by atoms with Gasteiger partial charge in [0.1, 0.15) is 11.2 Å². The maximum absolute atomic E-state index is 6.46. The first kappa shape index (κ1) is 24.3. The molecule has 9 rings (SSSR count). The molecule has 2 heterocycles. The summed E-state index contributed by atoms with van der Waals surface area (Å²) in [6, 6.07) is 31.9. The Kier molecular flexibility index (Phi) is 5.45. The molecule has 7 aromatic rings. The van der Waals surface area contributed by atoms with E-state index in [1.807, 2.05) is 18.3 Å². The van der Waals surface area contributed by atoms with Gasteiger partial charge < -0.3 is 4.42 Å². The van der Waals surface area contributed by atoms with Gasteiger partial charge in [-0.1, -0.05) is 109 Å². The largest absolute Gasteiger partial charge is 0.455 e. The predicted molar refractivity (Wildman–Crippen MR) is 178 cm³/mol. The number of allylic oxidation sites excluding steroid dienone is 2. The smallest absolute Gasteiger partial charge is 0.143 e. The monoisotopic (exact) mass is 552 g/mol. The molecule has 0 saturated heterocycles. The number of fused-ring (bicyclic) bond motifs is 9. The van der Waals surface area contributed by atoms with Crippen LogP contribution in [0.15, 0.2) is 114 Å². The number of furan rings is 1. The molecule has 43 heavy (non-hydrogen) atoms. The summed E-state index contributed by atoms with van der Waals surface area (Å²) >= 11 is 0. The van der Waals surface area contributed by atoms with Crippen molar-refractivity contribution < 1.29 is 4.42 Å². The van der Waals surface area contributed by atoms with E-state index in [0.29, 0.717) is 0 Å². The molecule has 0 spiro atoms. The number of hydrogen-bond acceptors (Lipinski definition) is 3. The molecule has 0 unspecified atom stereocenters. The number of nitrogens with zero attached hydrogens (tertiary/aromatic N) is 2. The van der Waals surface area contributed by atoms with Crippen molar-refractivity contribution in [2.75, 3.05) is 0 Å². The van der Waals surface area contributed by atoms with Crippen molar-refractivity contribution in [1.82, 2.24) is 9.97 Å². The van der Waals surface area contributed by atoms with Gasteiger partial charge in [0, 0.05) is 33.0 Å². The number of para-hydroxylation sites is 2. The third kappa shape index (κ3) is 3.74. The SMILES string of the molecule is C1=Cc2c(c3c(c4nc(-c5ccccc5-c5ccccc5-c5cccc6c5oc5ccccc56)cnc24)C=CCC3)CC1. The number of benzene rings is 5. The summed E-state index contributed by atoms with van der Waals surface area (Å²) in [5, 5.41) is 2.27. The van der Waals surface area contributed by atoms with E-state index >= 15 is 0 Å². The Balaban J connectivity index is 1.26. The Morgan fingerprint density at radius 1 is 0.535 bits per heavy atom. The summed E-state index contributed by atoms with van der Waals surface area (Å²) in [6.07, 6.45) is 15.4. The lowest BCUT2D eigenvalue weighted by molar-refractivity contribution is 0.670. The molecule has 0 atom stereocenters. The van der Waals surface area contributed by atoms with Crippen LogP contribution in [0.3, 0.4) is 0 Å².